The van der Waals surface area contributed by atoms with Crippen LogP contribution in [0.1, 0.15) is 68.5 Å². The number of fused-ring (bicyclic) bond motifs is 1. The average molecular weight is 612 g/mol. The van der Waals surface area contributed by atoms with Crippen LogP contribution in [0.3, 0.4) is 0 Å². The van der Waals surface area contributed by atoms with Crippen molar-refractivity contribution in [1.82, 2.24) is 29.2 Å². The van der Waals surface area contributed by atoms with Gasteiger partial charge in [-0.2, -0.15) is 0 Å². The zero-order valence-corrected chi connectivity index (χ0v) is 23.7. The topological polar surface area (TPSA) is 133 Å². The van der Waals surface area contributed by atoms with Crippen molar-refractivity contribution in [2.75, 3.05) is 31.1 Å². The maximum atomic E-state index is 16.4. The molecule has 4 aliphatic rings. The van der Waals surface area contributed by atoms with Crippen LogP contribution in [0.2, 0.25) is 0 Å². The van der Waals surface area contributed by atoms with Crippen molar-refractivity contribution in [2.24, 2.45) is 0 Å². The van der Waals surface area contributed by atoms with E-state index in [1.165, 1.54) is 9.30 Å². The fraction of sp³-hybridized carbons (Fsp3) is 0.600. The van der Waals surface area contributed by atoms with Gasteiger partial charge in [-0.3, -0.25) is 9.20 Å². The van der Waals surface area contributed by atoms with E-state index in [4.69, 9.17) is 4.98 Å². The molecule has 11 nitrogen and oxygen atoms in total. The van der Waals surface area contributed by atoms with Gasteiger partial charge in [-0.05, 0) is 45.4 Å². The van der Waals surface area contributed by atoms with Crippen molar-refractivity contribution in [1.29, 1.82) is 0 Å². The summed E-state index contributed by atoms with van der Waals surface area (Å²) in [4.78, 5) is 20.0. The third-order valence-corrected chi connectivity index (χ3v) is 10.9. The first kappa shape index (κ1) is 27.0. The van der Waals surface area contributed by atoms with E-state index < -0.39 is 43.3 Å². The molecule has 3 aromatic heterocycles. The van der Waals surface area contributed by atoms with E-state index in [1.807, 2.05) is 0 Å². The fourth-order valence-electron chi connectivity index (χ4n) is 5.30. The number of alkyl halides is 2. The molecule has 0 bridgehead atoms. The molecule has 41 heavy (non-hydrogen) atoms. The SMILES string of the molecule is CC1(NS(=O)(=O)c2cn3c(-c4nnc(C(F)F)s4)c(C4CC4)nc3c(N3CCN(C(=O)C4(O)CC4)CC3)c2F)CC1. The number of pyridine rings is 1. The Morgan fingerprint density at radius 3 is 2.39 bits per heavy atom. The number of amides is 1. The highest BCUT2D eigenvalue weighted by atomic mass is 32.2. The highest BCUT2D eigenvalue weighted by Gasteiger charge is 2.50. The lowest BCUT2D eigenvalue weighted by Gasteiger charge is -2.37. The number of nitrogens with one attached hydrogen (secondary N) is 1. The van der Waals surface area contributed by atoms with Crippen LogP contribution in [-0.4, -0.2) is 81.2 Å². The number of nitrogens with zero attached hydrogens (tertiary/aromatic N) is 6. The molecule has 0 aromatic carbocycles. The molecule has 16 heteroatoms. The molecule has 0 spiro atoms. The normalized spacial score (nSPS) is 21.6. The lowest BCUT2D eigenvalue weighted by atomic mass is 10.2. The minimum atomic E-state index is -4.33. The Morgan fingerprint density at radius 2 is 1.83 bits per heavy atom. The van der Waals surface area contributed by atoms with E-state index in [1.54, 1.807) is 11.8 Å². The predicted octanol–water partition coefficient (Wildman–Crippen LogP) is 2.81. The largest absolute Gasteiger partial charge is 0.380 e. The third-order valence-electron chi connectivity index (χ3n) is 8.29. The second-order valence-corrected chi connectivity index (χ2v) is 14.4. The first-order chi connectivity index (χ1) is 19.4. The summed E-state index contributed by atoms with van der Waals surface area (Å²) in [5.74, 6) is -1.33. The number of piperazine rings is 1. The highest BCUT2D eigenvalue weighted by Crippen LogP contribution is 2.47. The molecule has 3 aromatic rings. The number of sulfonamides is 1. The standard InChI is InChI=1S/C25H28F3N7O4S2/c1-24(4-5-24)32-41(38,39)14-12-35-18(21-30-31-22(40-21)19(27)28)16(13-2-3-13)29-20(35)17(15(14)26)33-8-10-34(11-9-33)23(36)25(37)6-7-25/h12-13,19,32,37H,2-11H2,1H3. The number of carbonyl (C=O) groups is 1. The summed E-state index contributed by atoms with van der Waals surface area (Å²) in [5.41, 5.74) is -1.04. The van der Waals surface area contributed by atoms with Crippen LogP contribution in [0.5, 0.6) is 0 Å². The van der Waals surface area contributed by atoms with Gasteiger partial charge in [0.25, 0.3) is 12.3 Å². The van der Waals surface area contributed by atoms with E-state index >= 15 is 4.39 Å². The summed E-state index contributed by atoms with van der Waals surface area (Å²) < 4.78 is 74.4. The number of hydrogen-bond donors (Lipinski definition) is 2. The summed E-state index contributed by atoms with van der Waals surface area (Å²) >= 11 is 0.690. The highest BCUT2D eigenvalue weighted by molar-refractivity contribution is 7.89. The lowest BCUT2D eigenvalue weighted by molar-refractivity contribution is -0.142. The second-order valence-electron chi connectivity index (χ2n) is 11.7. The van der Waals surface area contributed by atoms with Gasteiger partial charge in [0.05, 0.1) is 5.69 Å². The van der Waals surface area contributed by atoms with Crippen LogP contribution in [-0.2, 0) is 14.8 Å². The van der Waals surface area contributed by atoms with Crippen molar-refractivity contribution < 1.29 is 31.5 Å². The average Bonchev–Trinajstić information content (AvgIpc) is 3.89. The maximum Gasteiger partial charge on any atom is 0.291 e. The molecule has 4 fully saturated rings. The number of carbonyl (C=O) groups excluding carboxylic acids is 1. The molecule has 1 aliphatic heterocycles. The van der Waals surface area contributed by atoms with Gasteiger partial charge in [0.1, 0.15) is 21.9 Å². The van der Waals surface area contributed by atoms with Crippen LogP contribution in [0, 0.1) is 5.82 Å². The van der Waals surface area contributed by atoms with E-state index in [9.17, 15) is 27.1 Å². The van der Waals surface area contributed by atoms with Gasteiger partial charge in [0, 0.05) is 43.8 Å². The number of anilines is 1. The van der Waals surface area contributed by atoms with Gasteiger partial charge in [0.2, 0.25) is 10.0 Å². The summed E-state index contributed by atoms with van der Waals surface area (Å²) in [6.45, 7) is 2.51. The Bertz CT molecular complexity index is 1670. The molecule has 0 atom stereocenters. The second kappa shape index (κ2) is 9.09. The number of imidazole rings is 1. The van der Waals surface area contributed by atoms with Gasteiger partial charge < -0.3 is 14.9 Å². The summed E-state index contributed by atoms with van der Waals surface area (Å²) in [6, 6.07) is 0. The van der Waals surface area contributed by atoms with Crippen molar-refractivity contribution in [3.63, 3.8) is 0 Å². The smallest absolute Gasteiger partial charge is 0.291 e. The Labute approximate surface area is 237 Å². The Hall–Kier alpha value is -2.82. The molecule has 2 N–H and O–H groups in total. The van der Waals surface area contributed by atoms with Crippen molar-refractivity contribution in [3.05, 3.63) is 22.7 Å². The van der Waals surface area contributed by atoms with E-state index in [2.05, 4.69) is 14.9 Å². The number of hydrogen-bond acceptors (Lipinski definition) is 9. The maximum absolute atomic E-state index is 16.4. The van der Waals surface area contributed by atoms with E-state index in [0.29, 0.717) is 48.4 Å². The van der Waals surface area contributed by atoms with Crippen LogP contribution >= 0.6 is 11.3 Å². The number of aliphatic hydroxyl groups is 1. The first-order valence-electron chi connectivity index (χ1n) is 13.6. The molecule has 4 heterocycles. The summed E-state index contributed by atoms with van der Waals surface area (Å²) in [7, 11) is -4.33. The van der Waals surface area contributed by atoms with Crippen molar-refractivity contribution in [3.8, 4) is 10.7 Å². The molecular weight excluding hydrogens is 583 g/mol. The molecule has 1 amide bonds. The van der Waals surface area contributed by atoms with Gasteiger partial charge in [0.15, 0.2) is 21.5 Å². The van der Waals surface area contributed by atoms with Crippen LogP contribution in [0.25, 0.3) is 16.3 Å². The van der Waals surface area contributed by atoms with Crippen molar-refractivity contribution >= 4 is 38.6 Å². The molecule has 3 aliphatic carbocycles. The van der Waals surface area contributed by atoms with Crippen molar-refractivity contribution in [2.45, 2.75) is 73.8 Å². The van der Waals surface area contributed by atoms with Crippen LogP contribution in [0.15, 0.2) is 11.1 Å². The Morgan fingerprint density at radius 1 is 1.15 bits per heavy atom. The fourth-order valence-corrected chi connectivity index (χ4v) is 7.59. The summed E-state index contributed by atoms with van der Waals surface area (Å²) in [5, 5.41) is 17.5. The van der Waals surface area contributed by atoms with E-state index in [-0.39, 0.29) is 54.3 Å². The number of rotatable bonds is 8. The molecule has 0 radical (unpaired) electrons. The number of aromatic nitrogens is 4. The molecule has 7 rings (SSSR count). The van der Waals surface area contributed by atoms with Gasteiger partial charge >= 0.3 is 0 Å². The van der Waals surface area contributed by atoms with Crippen LogP contribution in [0.4, 0.5) is 18.9 Å². The number of halogens is 3. The Balaban J connectivity index is 1.37. The minimum absolute atomic E-state index is 0.00276. The van der Waals surface area contributed by atoms with Gasteiger partial charge in [-0.1, -0.05) is 11.3 Å². The lowest BCUT2D eigenvalue weighted by Crippen LogP contribution is -2.52. The summed E-state index contributed by atoms with van der Waals surface area (Å²) in [6.07, 6.45) is 1.98. The van der Waals surface area contributed by atoms with E-state index in [0.717, 1.165) is 19.0 Å². The zero-order chi connectivity index (χ0) is 28.9. The predicted molar refractivity (Wildman–Crippen MR) is 142 cm³/mol. The minimum Gasteiger partial charge on any atom is -0.380 e. The zero-order valence-electron chi connectivity index (χ0n) is 22.1. The third kappa shape index (κ3) is 4.68. The molecule has 1 saturated heterocycles. The van der Waals surface area contributed by atoms with Crippen LogP contribution < -0.4 is 9.62 Å². The molecular formula is C25H28F3N7O4S2. The molecule has 3 saturated carbocycles. The van der Waals surface area contributed by atoms with Gasteiger partial charge in [-0.15, -0.1) is 10.2 Å². The van der Waals surface area contributed by atoms with Gasteiger partial charge in [-0.25, -0.2) is 31.3 Å². The molecule has 220 valence electrons. The monoisotopic (exact) mass is 611 g/mol. The molecule has 0 unspecified atom stereocenters. The first-order valence-corrected chi connectivity index (χ1v) is 15.9. The Kier molecular flexibility index (Phi) is 5.99. The quantitative estimate of drug-likeness (QED) is 0.398.